The summed E-state index contributed by atoms with van der Waals surface area (Å²) in [5, 5.41) is 2.58. The second-order valence-electron chi connectivity index (χ2n) is 19.2. The monoisotopic (exact) mass is 804 g/mol. The van der Waals surface area contributed by atoms with E-state index in [1.54, 1.807) is 0 Å². The molecule has 1 aliphatic heterocycles. The summed E-state index contributed by atoms with van der Waals surface area (Å²) < 4.78 is 2.53. The Balaban J connectivity index is 1.06. The van der Waals surface area contributed by atoms with E-state index in [-0.39, 0.29) is 10.8 Å². The van der Waals surface area contributed by atoms with Crippen LogP contribution in [-0.2, 0) is 16.2 Å². The number of anilines is 3. The highest BCUT2D eigenvalue weighted by Gasteiger charge is 2.51. The maximum Gasteiger partial charge on any atom is 0.0755 e. The van der Waals surface area contributed by atoms with Crippen LogP contribution in [0.25, 0.3) is 60.9 Å². The quantitative estimate of drug-likeness (QED) is 0.173. The van der Waals surface area contributed by atoms with Crippen molar-refractivity contribution in [3.8, 4) is 39.1 Å². The van der Waals surface area contributed by atoms with Gasteiger partial charge in [-0.25, -0.2) is 0 Å². The van der Waals surface area contributed by atoms with E-state index in [0.717, 1.165) is 5.69 Å². The van der Waals surface area contributed by atoms with Crippen molar-refractivity contribution in [1.29, 1.82) is 0 Å². The summed E-state index contributed by atoms with van der Waals surface area (Å²) in [6.07, 6.45) is 0. The number of nitrogens with zero attached hydrogens (tertiary/aromatic N) is 2. The van der Waals surface area contributed by atoms with Gasteiger partial charge in [-0.2, -0.15) is 0 Å². The van der Waals surface area contributed by atoms with Gasteiger partial charge < -0.3 is 9.47 Å². The summed E-state index contributed by atoms with van der Waals surface area (Å²) in [5.41, 5.74) is 25.2. The topological polar surface area (TPSA) is 8.17 Å². The zero-order valence-electron chi connectivity index (χ0n) is 35.9. The number of hydrogen-bond acceptors (Lipinski definition) is 1. The summed E-state index contributed by atoms with van der Waals surface area (Å²) in [4.78, 5) is 2.54. The van der Waals surface area contributed by atoms with Gasteiger partial charge in [-0.15, -0.1) is 0 Å². The van der Waals surface area contributed by atoms with E-state index in [4.69, 9.17) is 0 Å². The second-order valence-corrected chi connectivity index (χ2v) is 19.2. The molecular weight excluding hydrogens is 761 g/mol. The van der Waals surface area contributed by atoms with Crippen LogP contribution in [0.15, 0.2) is 194 Å². The van der Waals surface area contributed by atoms with Crippen LogP contribution < -0.4 is 4.90 Å². The number of benzene rings is 9. The number of rotatable bonds is 3. The Hall–Kier alpha value is -7.42. The zero-order chi connectivity index (χ0) is 42.0. The van der Waals surface area contributed by atoms with Crippen molar-refractivity contribution in [3.05, 3.63) is 239 Å². The summed E-state index contributed by atoms with van der Waals surface area (Å²) in [6, 6.07) is 74.0. The minimum atomic E-state index is -0.544. The Morgan fingerprint density at radius 2 is 0.762 bits per heavy atom. The van der Waals surface area contributed by atoms with Gasteiger partial charge in [0.15, 0.2) is 0 Å². The predicted molar refractivity (Wildman–Crippen MR) is 261 cm³/mol. The third-order valence-corrected chi connectivity index (χ3v) is 15.6. The van der Waals surface area contributed by atoms with E-state index in [1.165, 1.54) is 117 Å². The van der Waals surface area contributed by atoms with Gasteiger partial charge in [0.2, 0.25) is 0 Å². The first kappa shape index (κ1) is 35.2. The van der Waals surface area contributed by atoms with Crippen molar-refractivity contribution in [2.45, 2.75) is 43.9 Å². The van der Waals surface area contributed by atoms with Crippen LogP contribution in [0, 0.1) is 0 Å². The molecule has 0 amide bonds. The number of fused-ring (bicyclic) bond motifs is 18. The largest absolute Gasteiger partial charge is 0.310 e. The highest BCUT2D eigenvalue weighted by molar-refractivity contribution is 6.13. The molecular formula is C61H44N2. The molecule has 298 valence electrons. The SMILES string of the molecule is CC1(C)c2ccccc2-c2ccc(N(c3ccc4c(c3)C(C)(C)c3ccccc3-4)c3ccc4c(c3)C3(c5ccccc5-4)c4ccccc4-n4c5ccccc5c5cccc3c54)cc21. The molecule has 4 aliphatic rings. The van der Waals surface area contributed by atoms with Crippen LogP contribution in [0.1, 0.15) is 72.2 Å². The first-order valence-electron chi connectivity index (χ1n) is 22.4. The lowest BCUT2D eigenvalue weighted by Gasteiger charge is -2.40. The third-order valence-electron chi connectivity index (χ3n) is 15.6. The molecule has 1 aromatic heterocycles. The molecule has 1 atom stereocenters. The first-order valence-corrected chi connectivity index (χ1v) is 22.4. The maximum absolute atomic E-state index is 2.55. The van der Waals surface area contributed by atoms with Crippen LogP contribution in [0.2, 0.25) is 0 Å². The fourth-order valence-corrected chi connectivity index (χ4v) is 12.8. The van der Waals surface area contributed by atoms with E-state index in [2.05, 4.69) is 231 Å². The highest BCUT2D eigenvalue weighted by atomic mass is 15.1. The number of aromatic nitrogens is 1. The van der Waals surface area contributed by atoms with Crippen LogP contribution in [0.3, 0.4) is 0 Å². The molecule has 9 aromatic carbocycles. The molecule has 63 heavy (non-hydrogen) atoms. The lowest BCUT2D eigenvalue weighted by molar-refractivity contribution is 0.660. The van der Waals surface area contributed by atoms with E-state index < -0.39 is 5.41 Å². The van der Waals surface area contributed by atoms with Crippen molar-refractivity contribution in [3.63, 3.8) is 0 Å². The van der Waals surface area contributed by atoms with Gasteiger partial charge in [0.25, 0.3) is 0 Å². The molecule has 1 spiro atoms. The zero-order valence-corrected chi connectivity index (χ0v) is 35.9. The fraction of sp³-hybridized carbons (Fsp3) is 0.115. The molecule has 0 fully saturated rings. The normalized spacial score (nSPS) is 17.2. The minimum Gasteiger partial charge on any atom is -0.310 e. The first-order chi connectivity index (χ1) is 30.8. The van der Waals surface area contributed by atoms with Crippen LogP contribution in [0.5, 0.6) is 0 Å². The molecule has 2 nitrogen and oxygen atoms in total. The molecule has 0 radical (unpaired) electrons. The summed E-state index contributed by atoms with van der Waals surface area (Å²) >= 11 is 0. The minimum absolute atomic E-state index is 0.137. The molecule has 0 N–H and O–H groups in total. The standard InChI is InChI=1S/C61H44N2/c1-59(2)48-21-9-5-16-40(48)43-31-28-37(34-53(43)59)62(38-29-32-44-41-17-6-10-22-49(41)60(3,4)54(44)35-38)39-30-33-45-42-18-7-11-23-50(42)61(55(45)36-39)51-24-12-14-27-57(51)63-56-26-13-8-19-46(56)47-20-15-25-52(61)58(47)63/h5-36H,1-4H3. The van der Waals surface area contributed by atoms with Gasteiger partial charge >= 0.3 is 0 Å². The Morgan fingerprint density at radius 1 is 0.333 bits per heavy atom. The van der Waals surface area contributed by atoms with E-state index in [9.17, 15) is 0 Å². The average Bonchev–Trinajstić information content (AvgIpc) is 3.96. The Morgan fingerprint density at radius 3 is 1.38 bits per heavy atom. The summed E-state index contributed by atoms with van der Waals surface area (Å²) in [6.45, 7) is 9.55. The van der Waals surface area contributed by atoms with E-state index >= 15 is 0 Å². The van der Waals surface area contributed by atoms with Crippen molar-refractivity contribution in [2.24, 2.45) is 0 Å². The predicted octanol–water partition coefficient (Wildman–Crippen LogP) is 15.5. The Kier molecular flexibility index (Phi) is 6.67. The smallest absolute Gasteiger partial charge is 0.0755 e. The van der Waals surface area contributed by atoms with Crippen LogP contribution in [-0.4, -0.2) is 4.57 Å². The highest BCUT2D eigenvalue weighted by Crippen LogP contribution is 2.62. The summed E-state index contributed by atoms with van der Waals surface area (Å²) in [7, 11) is 0. The van der Waals surface area contributed by atoms with E-state index in [1.807, 2.05) is 0 Å². The number of para-hydroxylation sites is 3. The van der Waals surface area contributed by atoms with Gasteiger partial charge in [-0.1, -0.05) is 173 Å². The molecule has 2 heteroatoms. The average molecular weight is 805 g/mol. The number of hydrogen-bond donors (Lipinski definition) is 0. The molecule has 14 rings (SSSR count). The maximum atomic E-state index is 2.55. The van der Waals surface area contributed by atoms with Gasteiger partial charge in [0.1, 0.15) is 0 Å². The van der Waals surface area contributed by atoms with Gasteiger partial charge in [-0.3, -0.25) is 0 Å². The van der Waals surface area contributed by atoms with Crippen molar-refractivity contribution in [1.82, 2.24) is 4.57 Å². The van der Waals surface area contributed by atoms with Crippen LogP contribution >= 0.6 is 0 Å². The molecule has 0 saturated carbocycles. The lowest BCUT2D eigenvalue weighted by atomic mass is 9.65. The van der Waals surface area contributed by atoms with Crippen LogP contribution in [0.4, 0.5) is 17.1 Å². The molecule has 1 unspecified atom stereocenters. The Bertz CT molecular complexity index is 3550. The summed E-state index contributed by atoms with van der Waals surface area (Å²) in [5.74, 6) is 0. The Labute approximate surface area is 368 Å². The van der Waals surface area contributed by atoms with E-state index in [0.29, 0.717) is 0 Å². The molecule has 10 aromatic rings. The molecule has 3 aliphatic carbocycles. The van der Waals surface area contributed by atoms with Crippen molar-refractivity contribution < 1.29 is 0 Å². The van der Waals surface area contributed by atoms with Gasteiger partial charge in [0, 0.05) is 38.7 Å². The molecule has 0 saturated heterocycles. The van der Waals surface area contributed by atoms with Gasteiger partial charge in [-0.05, 0) is 126 Å². The second kappa shape index (κ2) is 11.9. The molecule has 2 heterocycles. The molecule has 0 bridgehead atoms. The fourth-order valence-electron chi connectivity index (χ4n) is 12.8. The van der Waals surface area contributed by atoms with Crippen molar-refractivity contribution >= 4 is 38.9 Å². The van der Waals surface area contributed by atoms with Gasteiger partial charge in [0.05, 0.1) is 22.1 Å². The third kappa shape index (κ3) is 4.24. The van der Waals surface area contributed by atoms with Crippen molar-refractivity contribution in [2.75, 3.05) is 4.90 Å². The lowest BCUT2D eigenvalue weighted by Crippen LogP contribution is -2.33.